The van der Waals surface area contributed by atoms with Gasteiger partial charge >= 0.3 is 5.97 Å². The molecule has 3 aliphatic rings. The molecule has 1 aromatic heterocycles. The Bertz CT molecular complexity index is 1320. The van der Waals surface area contributed by atoms with Gasteiger partial charge in [0.2, 0.25) is 0 Å². The Balaban J connectivity index is 1.19. The predicted octanol–water partition coefficient (Wildman–Crippen LogP) is 6.22. The van der Waals surface area contributed by atoms with Gasteiger partial charge in [0, 0.05) is 24.2 Å². The number of para-hydroxylation sites is 1. The molecule has 2 aromatic carbocycles. The number of carboxylic acids is 1. The summed E-state index contributed by atoms with van der Waals surface area (Å²) in [6, 6.07) is 7.65. The van der Waals surface area contributed by atoms with Crippen LogP contribution in [-0.2, 0) is 11.3 Å². The van der Waals surface area contributed by atoms with Gasteiger partial charge in [-0.25, -0.2) is 18.3 Å². The molecule has 0 spiro atoms. The van der Waals surface area contributed by atoms with Crippen molar-refractivity contribution in [2.75, 3.05) is 11.4 Å². The minimum absolute atomic E-state index is 0.00337. The van der Waals surface area contributed by atoms with Crippen molar-refractivity contribution in [2.24, 2.45) is 5.92 Å². The van der Waals surface area contributed by atoms with Gasteiger partial charge in [0.25, 0.3) is 0 Å². The number of halogens is 4. The first kappa shape index (κ1) is 23.7. The zero-order valence-electron chi connectivity index (χ0n) is 19.1. The lowest BCUT2D eigenvalue weighted by Crippen LogP contribution is -2.38. The number of aromatic nitrogens is 2. The van der Waals surface area contributed by atoms with Crippen molar-refractivity contribution in [2.45, 2.75) is 50.4 Å². The van der Waals surface area contributed by atoms with Gasteiger partial charge in [0.05, 0.1) is 34.6 Å². The van der Waals surface area contributed by atoms with E-state index in [4.69, 9.17) is 33.0 Å². The first-order valence-electron chi connectivity index (χ1n) is 11.9. The van der Waals surface area contributed by atoms with Gasteiger partial charge in [-0.15, -0.1) is 0 Å². The van der Waals surface area contributed by atoms with E-state index < -0.39 is 23.2 Å². The number of hydrogen-bond acceptors (Lipinski definition) is 4. The molecule has 3 atom stereocenters. The van der Waals surface area contributed by atoms with Crippen molar-refractivity contribution in [3.05, 3.63) is 75.0 Å². The molecule has 0 radical (unpaired) electrons. The minimum atomic E-state index is -1.61. The van der Waals surface area contributed by atoms with E-state index in [-0.39, 0.29) is 18.1 Å². The number of benzene rings is 2. The van der Waals surface area contributed by atoms with Crippen molar-refractivity contribution in [1.29, 1.82) is 0 Å². The van der Waals surface area contributed by atoms with E-state index in [1.54, 1.807) is 22.9 Å². The van der Waals surface area contributed by atoms with E-state index in [1.165, 1.54) is 0 Å². The van der Waals surface area contributed by atoms with Gasteiger partial charge in [0.1, 0.15) is 22.9 Å². The smallest absolute Gasteiger partial charge is 0.341 e. The van der Waals surface area contributed by atoms with E-state index >= 15 is 0 Å². The summed E-state index contributed by atoms with van der Waals surface area (Å²) in [5.41, 5.74) is 2.18. The summed E-state index contributed by atoms with van der Waals surface area (Å²) in [6.07, 6.45) is 5.67. The van der Waals surface area contributed by atoms with Crippen molar-refractivity contribution < 1.29 is 23.4 Å². The van der Waals surface area contributed by atoms with Gasteiger partial charge in [0.15, 0.2) is 0 Å². The summed E-state index contributed by atoms with van der Waals surface area (Å²) < 4.78 is 36.7. The molecular weight excluding hydrogens is 511 g/mol. The van der Waals surface area contributed by atoms with Crippen molar-refractivity contribution >= 4 is 34.9 Å². The number of aromatic carboxylic acids is 1. The largest absolute Gasteiger partial charge is 0.477 e. The number of piperidine rings is 1. The average molecular weight is 534 g/mol. The summed E-state index contributed by atoms with van der Waals surface area (Å²) in [6.45, 7) is 0.948. The zero-order valence-corrected chi connectivity index (χ0v) is 20.6. The van der Waals surface area contributed by atoms with Gasteiger partial charge in [-0.3, -0.25) is 0 Å². The zero-order chi connectivity index (χ0) is 25.1. The molecule has 188 valence electrons. The third-order valence-electron chi connectivity index (χ3n) is 7.55. The highest BCUT2D eigenvalue weighted by Crippen LogP contribution is 2.45. The van der Waals surface area contributed by atoms with Crippen LogP contribution in [-0.4, -0.2) is 39.5 Å². The lowest BCUT2D eigenvalue weighted by atomic mass is 10.0. The fourth-order valence-corrected chi connectivity index (χ4v) is 6.25. The third-order valence-corrected chi connectivity index (χ3v) is 8.16. The lowest BCUT2D eigenvalue weighted by Gasteiger charge is -2.33. The third kappa shape index (κ3) is 4.05. The highest BCUT2D eigenvalue weighted by atomic mass is 35.5. The molecule has 0 amide bonds. The van der Waals surface area contributed by atoms with E-state index in [9.17, 15) is 13.6 Å². The number of anilines is 1. The number of hydrogen-bond donors (Lipinski definition) is 1. The van der Waals surface area contributed by atoms with Crippen LogP contribution in [0.4, 0.5) is 14.5 Å². The maximum absolute atomic E-state index is 14.3. The second kappa shape index (κ2) is 9.01. The van der Waals surface area contributed by atoms with E-state index in [1.807, 2.05) is 11.1 Å². The molecule has 6 nitrogen and oxygen atoms in total. The Labute approximate surface area is 216 Å². The van der Waals surface area contributed by atoms with Crippen LogP contribution in [0.5, 0.6) is 0 Å². The van der Waals surface area contributed by atoms with E-state index in [0.717, 1.165) is 42.7 Å². The monoisotopic (exact) mass is 533 g/mol. The summed E-state index contributed by atoms with van der Waals surface area (Å²) in [5, 5.41) is 14.7. The molecule has 2 bridgehead atoms. The Morgan fingerprint density at radius 2 is 1.83 bits per heavy atom. The molecule has 10 heteroatoms. The van der Waals surface area contributed by atoms with E-state index in [0.29, 0.717) is 46.9 Å². The van der Waals surface area contributed by atoms with Crippen LogP contribution in [0.1, 0.15) is 53.2 Å². The highest BCUT2D eigenvalue weighted by Gasteiger charge is 2.46. The number of carboxylic acid groups (broad SMARTS) is 1. The normalized spacial score (nSPS) is 23.0. The van der Waals surface area contributed by atoms with Crippen LogP contribution >= 0.6 is 23.2 Å². The SMILES string of the molecule is O=C(O)c1c(F)cc(N2C[C@@H]3C[C@H]2C[C@H]3OCc2c(C3CC3)cnn2-c2c(Cl)cccc2Cl)cc1F. The van der Waals surface area contributed by atoms with Crippen molar-refractivity contribution in [1.82, 2.24) is 9.78 Å². The molecule has 36 heavy (non-hydrogen) atoms. The van der Waals surface area contributed by atoms with Gasteiger partial charge in [-0.2, -0.15) is 5.10 Å². The Kier molecular flexibility index (Phi) is 5.93. The number of rotatable bonds is 7. The van der Waals surface area contributed by atoms with Gasteiger partial charge in [-0.1, -0.05) is 29.3 Å². The molecule has 2 aliphatic carbocycles. The van der Waals surface area contributed by atoms with Crippen LogP contribution < -0.4 is 4.90 Å². The maximum atomic E-state index is 14.3. The molecule has 1 aliphatic heterocycles. The molecule has 6 rings (SSSR count). The van der Waals surface area contributed by atoms with Crippen LogP contribution in [0.25, 0.3) is 5.69 Å². The summed E-state index contributed by atoms with van der Waals surface area (Å²) in [4.78, 5) is 13.1. The summed E-state index contributed by atoms with van der Waals surface area (Å²) >= 11 is 12.9. The Hall–Kier alpha value is -2.68. The van der Waals surface area contributed by atoms with Gasteiger partial charge < -0.3 is 14.7 Å². The predicted molar refractivity (Wildman–Crippen MR) is 131 cm³/mol. The first-order valence-corrected chi connectivity index (χ1v) is 12.7. The summed E-state index contributed by atoms with van der Waals surface area (Å²) in [5.74, 6) is -3.08. The topological polar surface area (TPSA) is 67.6 Å². The number of carbonyl (C=O) groups is 1. The number of fused-ring (bicyclic) bond motifs is 2. The first-order chi connectivity index (χ1) is 17.3. The van der Waals surface area contributed by atoms with Gasteiger partial charge in [-0.05, 0) is 61.4 Å². The second-order valence-electron chi connectivity index (χ2n) is 9.78. The van der Waals surface area contributed by atoms with Crippen LogP contribution in [0.3, 0.4) is 0 Å². The number of nitrogens with zero attached hydrogens (tertiary/aromatic N) is 3. The van der Waals surface area contributed by atoms with Crippen molar-refractivity contribution in [3.8, 4) is 5.69 Å². The molecule has 3 fully saturated rings. The maximum Gasteiger partial charge on any atom is 0.341 e. The fourth-order valence-electron chi connectivity index (χ4n) is 5.69. The summed E-state index contributed by atoms with van der Waals surface area (Å²) in [7, 11) is 0. The fraction of sp³-hybridized carbons (Fsp3) is 0.385. The molecule has 0 unspecified atom stereocenters. The number of ether oxygens (including phenoxy) is 1. The quantitative estimate of drug-likeness (QED) is 0.390. The molecular formula is C26H23Cl2F2N3O3. The molecule has 1 N–H and O–H groups in total. The van der Waals surface area contributed by atoms with Crippen LogP contribution in [0.2, 0.25) is 10.0 Å². The second-order valence-corrected chi connectivity index (χ2v) is 10.6. The van der Waals surface area contributed by atoms with Crippen LogP contribution in [0.15, 0.2) is 36.5 Å². The molecule has 3 aromatic rings. The minimum Gasteiger partial charge on any atom is -0.477 e. The average Bonchev–Trinajstić information content (AvgIpc) is 3.27. The van der Waals surface area contributed by atoms with Crippen molar-refractivity contribution in [3.63, 3.8) is 0 Å². The van der Waals surface area contributed by atoms with E-state index in [2.05, 4.69) is 5.10 Å². The Morgan fingerprint density at radius 3 is 2.42 bits per heavy atom. The van der Waals surface area contributed by atoms with Crippen LogP contribution in [0, 0.1) is 17.6 Å². The highest BCUT2D eigenvalue weighted by molar-refractivity contribution is 6.37. The Morgan fingerprint density at radius 1 is 1.14 bits per heavy atom. The molecule has 1 saturated heterocycles. The molecule has 2 heterocycles. The standard InChI is InChI=1S/C26H23Cl2F2N3O3/c27-18-2-1-3-19(28)25(18)33-22(17(10-31-33)13-4-5-13)12-36-23-9-15-6-14(23)11-32(15)16-7-20(29)24(26(34)35)21(30)8-16/h1-3,7-8,10,13-15,23H,4-6,9,11-12H2,(H,34,35)/t14-,15-,23+/m0/s1. The lowest BCUT2D eigenvalue weighted by molar-refractivity contribution is 0.00992. The molecule has 2 saturated carbocycles.